The molecule has 3 aliphatic rings. The molecule has 3 heterocycles. The van der Waals surface area contributed by atoms with E-state index in [1.807, 2.05) is 36.6 Å². The molecule has 2 aromatic carbocycles. The van der Waals surface area contributed by atoms with Crippen LogP contribution in [0.2, 0.25) is 5.02 Å². The standard InChI is InChI=1S/C27H29ClN2O2/c28-21-7-5-19(6-8-21)20-11-15-30(16-12-20)14-2-4-23-24-3-1-13-29-26(24)18-32-27-10-9-22(31)17-25(23)27/h1,3-10,13,17,20,24,26,31H,2,11-12,14-16,18H2. The number of likely N-dealkylation sites (tertiary alicyclic amines) is 1. The van der Waals surface area contributed by atoms with Crippen molar-refractivity contribution in [2.24, 2.45) is 10.9 Å². The minimum atomic E-state index is 0.0795. The Labute approximate surface area is 194 Å². The number of phenolic OH excluding ortho intramolecular Hbond substituents is 1. The number of aromatic hydroxyl groups is 1. The van der Waals surface area contributed by atoms with E-state index in [0.717, 1.165) is 42.4 Å². The first kappa shape index (κ1) is 21.3. The molecule has 0 aromatic heterocycles. The molecule has 1 saturated heterocycles. The monoisotopic (exact) mass is 448 g/mol. The maximum Gasteiger partial charge on any atom is 0.127 e. The number of ether oxygens (including phenoxy) is 1. The van der Waals surface area contributed by atoms with Crippen molar-refractivity contribution >= 4 is 23.4 Å². The highest BCUT2D eigenvalue weighted by Crippen LogP contribution is 2.40. The summed E-state index contributed by atoms with van der Waals surface area (Å²) in [5, 5.41) is 10.9. The maximum absolute atomic E-state index is 10.1. The molecule has 0 aliphatic carbocycles. The van der Waals surface area contributed by atoms with Gasteiger partial charge in [0.05, 0.1) is 6.04 Å². The van der Waals surface area contributed by atoms with E-state index >= 15 is 0 Å². The molecule has 5 rings (SSSR count). The van der Waals surface area contributed by atoms with E-state index in [-0.39, 0.29) is 17.7 Å². The van der Waals surface area contributed by atoms with Crippen molar-refractivity contribution in [2.75, 3.05) is 26.2 Å². The van der Waals surface area contributed by atoms with Gasteiger partial charge in [-0.25, -0.2) is 0 Å². The number of nitrogens with zero attached hydrogens (tertiary/aromatic N) is 2. The summed E-state index contributed by atoms with van der Waals surface area (Å²) in [5.41, 5.74) is 3.60. The summed E-state index contributed by atoms with van der Waals surface area (Å²) in [5.74, 6) is 1.90. The highest BCUT2D eigenvalue weighted by atomic mass is 35.5. The summed E-state index contributed by atoms with van der Waals surface area (Å²) < 4.78 is 6.04. The number of fused-ring (bicyclic) bond motifs is 2. The van der Waals surface area contributed by atoms with Crippen molar-refractivity contribution in [1.82, 2.24) is 4.90 Å². The Bertz CT molecular complexity index is 1040. The lowest BCUT2D eigenvalue weighted by Crippen LogP contribution is -2.33. The zero-order chi connectivity index (χ0) is 21.9. The Balaban J connectivity index is 1.26. The van der Waals surface area contributed by atoms with Crippen LogP contribution in [-0.4, -0.2) is 48.5 Å². The first-order valence-electron chi connectivity index (χ1n) is 11.5. The Morgan fingerprint density at radius 2 is 1.94 bits per heavy atom. The molecule has 0 radical (unpaired) electrons. The zero-order valence-electron chi connectivity index (χ0n) is 18.2. The summed E-state index contributed by atoms with van der Waals surface area (Å²) in [6.07, 6.45) is 11.8. The fourth-order valence-corrected chi connectivity index (χ4v) is 5.23. The van der Waals surface area contributed by atoms with Crippen LogP contribution in [0.3, 0.4) is 0 Å². The number of halogens is 1. The van der Waals surface area contributed by atoms with Crippen LogP contribution in [0.15, 0.2) is 65.7 Å². The molecule has 1 N–H and O–H groups in total. The molecular formula is C27H29ClN2O2. The molecule has 32 heavy (non-hydrogen) atoms. The molecule has 0 spiro atoms. The fourth-order valence-electron chi connectivity index (χ4n) is 5.11. The Kier molecular flexibility index (Phi) is 6.33. The van der Waals surface area contributed by atoms with Gasteiger partial charge in [0, 0.05) is 29.3 Å². The number of dihydropyridines is 1. The average Bonchev–Trinajstić information content (AvgIpc) is 2.97. The second-order valence-corrected chi connectivity index (χ2v) is 9.32. The Hall–Kier alpha value is -2.56. The smallest absolute Gasteiger partial charge is 0.127 e. The lowest BCUT2D eigenvalue weighted by atomic mass is 9.85. The van der Waals surface area contributed by atoms with E-state index in [1.54, 1.807) is 6.07 Å². The van der Waals surface area contributed by atoms with Crippen molar-refractivity contribution in [3.05, 3.63) is 76.8 Å². The van der Waals surface area contributed by atoms with Gasteiger partial charge in [-0.3, -0.25) is 4.99 Å². The van der Waals surface area contributed by atoms with Gasteiger partial charge in [-0.2, -0.15) is 0 Å². The maximum atomic E-state index is 10.1. The van der Waals surface area contributed by atoms with Crippen LogP contribution in [0.4, 0.5) is 0 Å². The molecule has 2 unspecified atom stereocenters. The van der Waals surface area contributed by atoms with Crippen LogP contribution in [0, 0.1) is 5.92 Å². The molecule has 3 aliphatic heterocycles. The predicted molar refractivity (Wildman–Crippen MR) is 131 cm³/mol. The number of aliphatic imine (C=N–C) groups is 1. The Morgan fingerprint density at radius 1 is 1.12 bits per heavy atom. The summed E-state index contributed by atoms with van der Waals surface area (Å²) in [7, 11) is 0. The third kappa shape index (κ3) is 4.62. The zero-order valence-corrected chi connectivity index (χ0v) is 18.9. The van der Waals surface area contributed by atoms with Crippen LogP contribution >= 0.6 is 11.6 Å². The predicted octanol–water partition coefficient (Wildman–Crippen LogP) is 5.72. The van der Waals surface area contributed by atoms with Crippen molar-refractivity contribution in [2.45, 2.75) is 31.2 Å². The van der Waals surface area contributed by atoms with Gasteiger partial charge in [0.25, 0.3) is 0 Å². The highest BCUT2D eigenvalue weighted by molar-refractivity contribution is 6.30. The topological polar surface area (TPSA) is 45.1 Å². The number of hydrogen-bond donors (Lipinski definition) is 1. The highest BCUT2D eigenvalue weighted by Gasteiger charge is 2.30. The van der Waals surface area contributed by atoms with Gasteiger partial charge in [0.1, 0.15) is 18.1 Å². The Morgan fingerprint density at radius 3 is 2.75 bits per heavy atom. The number of hydrogen-bond acceptors (Lipinski definition) is 4. The molecular weight excluding hydrogens is 420 g/mol. The number of benzene rings is 2. The van der Waals surface area contributed by atoms with Gasteiger partial charge in [-0.15, -0.1) is 0 Å². The summed E-state index contributed by atoms with van der Waals surface area (Å²) in [4.78, 5) is 7.21. The van der Waals surface area contributed by atoms with Crippen molar-refractivity contribution in [3.8, 4) is 11.5 Å². The second-order valence-electron chi connectivity index (χ2n) is 8.88. The number of phenols is 1. The summed E-state index contributed by atoms with van der Waals surface area (Å²) >= 11 is 6.04. The van der Waals surface area contributed by atoms with E-state index in [0.29, 0.717) is 12.5 Å². The molecule has 5 heteroatoms. The molecule has 2 atom stereocenters. The quantitative estimate of drug-likeness (QED) is 0.650. The van der Waals surface area contributed by atoms with E-state index in [2.05, 4.69) is 34.2 Å². The van der Waals surface area contributed by atoms with Crippen LogP contribution in [0.5, 0.6) is 11.5 Å². The SMILES string of the molecule is Oc1ccc2c(c1)C(=CCCN1CCC(c3ccc(Cl)cc3)CC1)C1C=CC=NC1CO2. The van der Waals surface area contributed by atoms with Crippen LogP contribution in [0.1, 0.15) is 36.3 Å². The molecule has 166 valence electrons. The van der Waals surface area contributed by atoms with E-state index in [4.69, 9.17) is 16.3 Å². The first-order chi connectivity index (χ1) is 15.7. The third-order valence-electron chi connectivity index (χ3n) is 6.88. The van der Waals surface area contributed by atoms with Gasteiger partial charge in [0.15, 0.2) is 0 Å². The molecule has 0 amide bonds. The minimum Gasteiger partial charge on any atom is -0.508 e. The van der Waals surface area contributed by atoms with Gasteiger partial charge in [-0.1, -0.05) is 35.9 Å². The van der Waals surface area contributed by atoms with Crippen LogP contribution < -0.4 is 4.74 Å². The number of piperidine rings is 1. The van der Waals surface area contributed by atoms with Gasteiger partial charge < -0.3 is 14.7 Å². The van der Waals surface area contributed by atoms with E-state index in [1.165, 1.54) is 24.0 Å². The van der Waals surface area contributed by atoms with E-state index < -0.39 is 0 Å². The number of allylic oxidation sites excluding steroid dienone is 1. The lowest BCUT2D eigenvalue weighted by molar-refractivity contribution is 0.216. The van der Waals surface area contributed by atoms with Crippen molar-refractivity contribution in [1.29, 1.82) is 0 Å². The molecule has 0 bridgehead atoms. The average molecular weight is 449 g/mol. The third-order valence-corrected chi connectivity index (χ3v) is 7.13. The van der Waals surface area contributed by atoms with Gasteiger partial charge in [0.2, 0.25) is 0 Å². The summed E-state index contributed by atoms with van der Waals surface area (Å²) in [6, 6.07) is 13.8. The molecule has 2 aromatic rings. The molecule has 1 fully saturated rings. The second kappa shape index (κ2) is 9.51. The van der Waals surface area contributed by atoms with Crippen LogP contribution in [0.25, 0.3) is 5.57 Å². The van der Waals surface area contributed by atoms with Gasteiger partial charge >= 0.3 is 0 Å². The van der Waals surface area contributed by atoms with Crippen LogP contribution in [-0.2, 0) is 0 Å². The first-order valence-corrected chi connectivity index (χ1v) is 11.9. The van der Waals surface area contributed by atoms with Gasteiger partial charge in [-0.05, 0) is 85.8 Å². The van der Waals surface area contributed by atoms with E-state index in [9.17, 15) is 5.11 Å². The van der Waals surface area contributed by atoms with Crippen molar-refractivity contribution < 1.29 is 9.84 Å². The fraction of sp³-hybridized carbons (Fsp3) is 0.370. The largest absolute Gasteiger partial charge is 0.508 e. The number of rotatable bonds is 4. The minimum absolute atomic E-state index is 0.0795. The lowest BCUT2D eigenvalue weighted by Gasteiger charge is -2.32. The summed E-state index contributed by atoms with van der Waals surface area (Å²) in [6.45, 7) is 3.83. The van der Waals surface area contributed by atoms with Crippen molar-refractivity contribution in [3.63, 3.8) is 0 Å². The molecule has 4 nitrogen and oxygen atoms in total. The molecule has 0 saturated carbocycles. The normalized spacial score (nSPS) is 24.6.